The molecule has 2 rings (SSSR count). The lowest BCUT2D eigenvalue weighted by molar-refractivity contribution is 0.487. The fourth-order valence-corrected chi connectivity index (χ4v) is 2.52. The molecular formula is C13H17F2N. The van der Waals surface area contributed by atoms with Crippen LogP contribution < -0.4 is 5.32 Å². The minimum atomic E-state index is -0.788. The van der Waals surface area contributed by atoms with Crippen LogP contribution in [0.1, 0.15) is 32.6 Å². The maximum absolute atomic E-state index is 13.0. The number of halogens is 2. The lowest BCUT2D eigenvalue weighted by atomic mass is 10.0. The van der Waals surface area contributed by atoms with Crippen molar-refractivity contribution in [2.24, 2.45) is 5.92 Å². The summed E-state index contributed by atoms with van der Waals surface area (Å²) in [5.41, 5.74) is 0.684. The van der Waals surface area contributed by atoms with E-state index in [9.17, 15) is 8.78 Å². The summed E-state index contributed by atoms with van der Waals surface area (Å²) in [5, 5.41) is 3.30. The molecule has 0 bridgehead atoms. The average Bonchev–Trinajstić information content (AvgIpc) is 2.71. The molecule has 0 aliphatic heterocycles. The second kappa shape index (κ2) is 4.81. The molecule has 1 nitrogen and oxygen atoms in total. The van der Waals surface area contributed by atoms with Crippen LogP contribution in [0.3, 0.4) is 0 Å². The molecule has 0 spiro atoms. The third-order valence-corrected chi connectivity index (χ3v) is 3.46. The maximum Gasteiger partial charge on any atom is 0.160 e. The largest absolute Gasteiger partial charge is 0.382 e. The molecule has 1 N–H and O–H groups in total. The van der Waals surface area contributed by atoms with E-state index in [1.54, 1.807) is 6.07 Å². The predicted molar refractivity (Wildman–Crippen MR) is 61.4 cm³/mol. The average molecular weight is 225 g/mol. The van der Waals surface area contributed by atoms with Crippen molar-refractivity contribution in [3.05, 3.63) is 29.8 Å². The summed E-state index contributed by atoms with van der Waals surface area (Å²) in [6.45, 7) is 2.18. The maximum atomic E-state index is 13.0. The fourth-order valence-electron chi connectivity index (χ4n) is 2.52. The Morgan fingerprint density at radius 3 is 2.75 bits per heavy atom. The van der Waals surface area contributed by atoms with Crippen LogP contribution in [-0.4, -0.2) is 6.04 Å². The van der Waals surface area contributed by atoms with Gasteiger partial charge in [0.25, 0.3) is 0 Å². The zero-order valence-electron chi connectivity index (χ0n) is 9.47. The van der Waals surface area contributed by atoms with E-state index in [4.69, 9.17) is 0 Å². The van der Waals surface area contributed by atoms with Crippen molar-refractivity contribution in [1.82, 2.24) is 0 Å². The van der Waals surface area contributed by atoms with E-state index in [1.807, 2.05) is 0 Å². The van der Waals surface area contributed by atoms with Crippen molar-refractivity contribution in [2.75, 3.05) is 5.32 Å². The molecule has 1 saturated carbocycles. The molecule has 1 aromatic rings. The van der Waals surface area contributed by atoms with Gasteiger partial charge in [0, 0.05) is 17.8 Å². The lowest BCUT2D eigenvalue weighted by Gasteiger charge is -2.20. The van der Waals surface area contributed by atoms with Crippen LogP contribution >= 0.6 is 0 Å². The third-order valence-electron chi connectivity index (χ3n) is 3.46. The quantitative estimate of drug-likeness (QED) is 0.821. The van der Waals surface area contributed by atoms with Crippen molar-refractivity contribution < 1.29 is 8.78 Å². The summed E-state index contributed by atoms with van der Waals surface area (Å²) in [7, 11) is 0. The van der Waals surface area contributed by atoms with Crippen LogP contribution in [-0.2, 0) is 0 Å². The van der Waals surface area contributed by atoms with Crippen molar-refractivity contribution >= 4 is 5.69 Å². The molecule has 1 aromatic carbocycles. The summed E-state index contributed by atoms with van der Waals surface area (Å²) in [6.07, 6.45) is 4.72. The highest BCUT2D eigenvalue weighted by Gasteiger charge is 2.25. The van der Waals surface area contributed by atoms with Gasteiger partial charge in [0.1, 0.15) is 0 Å². The Bertz CT molecular complexity index is 365. The smallest absolute Gasteiger partial charge is 0.160 e. The molecular weight excluding hydrogens is 208 g/mol. The highest BCUT2D eigenvalue weighted by molar-refractivity contribution is 5.44. The van der Waals surface area contributed by atoms with E-state index < -0.39 is 11.6 Å². The Morgan fingerprint density at radius 1 is 1.25 bits per heavy atom. The Kier molecular flexibility index (Phi) is 3.42. The van der Waals surface area contributed by atoms with Gasteiger partial charge in [-0.15, -0.1) is 0 Å². The molecule has 2 unspecified atom stereocenters. The highest BCUT2D eigenvalue weighted by Crippen LogP contribution is 2.30. The Hall–Kier alpha value is -1.12. The standard InChI is InChI=1S/C13H17F2N/c1-2-9-4-3-5-13(9)16-10-6-7-11(14)12(15)8-10/h6-9,13,16H,2-5H2,1H3. The van der Waals surface area contributed by atoms with Crippen LogP contribution in [0.25, 0.3) is 0 Å². The van der Waals surface area contributed by atoms with Gasteiger partial charge in [-0.05, 0) is 30.9 Å². The molecule has 1 aliphatic carbocycles. The Morgan fingerprint density at radius 2 is 2.06 bits per heavy atom. The van der Waals surface area contributed by atoms with Gasteiger partial charge in [-0.3, -0.25) is 0 Å². The topological polar surface area (TPSA) is 12.0 Å². The van der Waals surface area contributed by atoms with E-state index in [0.29, 0.717) is 17.6 Å². The minimum absolute atomic E-state index is 0.412. The van der Waals surface area contributed by atoms with Crippen molar-refractivity contribution in [1.29, 1.82) is 0 Å². The van der Waals surface area contributed by atoms with E-state index >= 15 is 0 Å². The summed E-state index contributed by atoms with van der Waals surface area (Å²) < 4.78 is 25.8. The SMILES string of the molecule is CCC1CCCC1Nc1ccc(F)c(F)c1. The van der Waals surface area contributed by atoms with Crippen molar-refractivity contribution in [3.8, 4) is 0 Å². The predicted octanol–water partition coefficient (Wildman–Crippen LogP) is 3.96. The summed E-state index contributed by atoms with van der Waals surface area (Å²) in [5.74, 6) is -0.909. The zero-order valence-corrected chi connectivity index (χ0v) is 9.47. The van der Waals surface area contributed by atoms with Crippen molar-refractivity contribution in [2.45, 2.75) is 38.6 Å². The highest BCUT2D eigenvalue weighted by atomic mass is 19.2. The van der Waals surface area contributed by atoms with Gasteiger partial charge in [0.2, 0.25) is 0 Å². The van der Waals surface area contributed by atoms with E-state index in [-0.39, 0.29) is 0 Å². The molecule has 2 atom stereocenters. The van der Waals surface area contributed by atoms with Crippen LogP contribution in [0.5, 0.6) is 0 Å². The second-order valence-corrected chi connectivity index (χ2v) is 4.48. The first-order valence-electron chi connectivity index (χ1n) is 5.92. The van der Waals surface area contributed by atoms with Gasteiger partial charge in [-0.25, -0.2) is 8.78 Å². The molecule has 16 heavy (non-hydrogen) atoms. The normalized spacial score (nSPS) is 24.7. The number of nitrogens with one attached hydrogen (secondary N) is 1. The van der Waals surface area contributed by atoms with Gasteiger partial charge < -0.3 is 5.32 Å². The first-order valence-corrected chi connectivity index (χ1v) is 5.92. The first-order chi connectivity index (χ1) is 7.70. The monoisotopic (exact) mass is 225 g/mol. The molecule has 1 aliphatic rings. The summed E-state index contributed by atoms with van der Waals surface area (Å²) in [4.78, 5) is 0. The zero-order chi connectivity index (χ0) is 11.5. The van der Waals surface area contributed by atoms with E-state index in [0.717, 1.165) is 12.8 Å². The van der Waals surface area contributed by atoms with E-state index in [2.05, 4.69) is 12.2 Å². The Balaban J connectivity index is 2.05. The van der Waals surface area contributed by atoms with Crippen LogP contribution in [0, 0.1) is 17.6 Å². The van der Waals surface area contributed by atoms with Crippen molar-refractivity contribution in [3.63, 3.8) is 0 Å². The van der Waals surface area contributed by atoms with Gasteiger partial charge in [-0.2, -0.15) is 0 Å². The number of anilines is 1. The van der Waals surface area contributed by atoms with Crippen LogP contribution in [0.4, 0.5) is 14.5 Å². The summed E-state index contributed by atoms with van der Waals surface area (Å²) >= 11 is 0. The van der Waals surface area contributed by atoms with Gasteiger partial charge in [-0.1, -0.05) is 19.8 Å². The Labute approximate surface area is 94.9 Å². The van der Waals surface area contributed by atoms with Gasteiger partial charge >= 0.3 is 0 Å². The number of benzene rings is 1. The van der Waals surface area contributed by atoms with Crippen LogP contribution in [0.15, 0.2) is 18.2 Å². The minimum Gasteiger partial charge on any atom is -0.382 e. The lowest BCUT2D eigenvalue weighted by Crippen LogP contribution is -2.23. The van der Waals surface area contributed by atoms with Gasteiger partial charge in [0.05, 0.1) is 0 Å². The fraction of sp³-hybridized carbons (Fsp3) is 0.538. The molecule has 1 fully saturated rings. The molecule has 0 heterocycles. The van der Waals surface area contributed by atoms with Crippen LogP contribution in [0.2, 0.25) is 0 Å². The molecule has 88 valence electrons. The number of hydrogen-bond donors (Lipinski definition) is 1. The molecule has 0 saturated heterocycles. The number of hydrogen-bond acceptors (Lipinski definition) is 1. The molecule has 3 heteroatoms. The molecule has 0 aromatic heterocycles. The molecule has 0 radical (unpaired) electrons. The summed E-state index contributed by atoms with van der Waals surface area (Å²) in [6, 6.07) is 4.42. The van der Waals surface area contributed by atoms with Gasteiger partial charge in [0.15, 0.2) is 11.6 Å². The third kappa shape index (κ3) is 2.34. The van der Waals surface area contributed by atoms with E-state index in [1.165, 1.54) is 25.0 Å². The second-order valence-electron chi connectivity index (χ2n) is 4.48. The number of rotatable bonds is 3. The first kappa shape index (κ1) is 11.4. The molecule has 0 amide bonds.